The van der Waals surface area contributed by atoms with E-state index in [1.54, 1.807) is 19.2 Å². The van der Waals surface area contributed by atoms with Crippen LogP contribution in [0.3, 0.4) is 0 Å². The Morgan fingerprint density at radius 2 is 1.53 bits per heavy atom. The van der Waals surface area contributed by atoms with Gasteiger partial charge in [-0.3, -0.25) is 9.59 Å². The van der Waals surface area contributed by atoms with E-state index in [1.807, 2.05) is 86.3 Å². The smallest absolute Gasteiger partial charge is 0.282 e. The third-order valence-electron chi connectivity index (χ3n) is 5.91. The number of amides is 2. The van der Waals surface area contributed by atoms with Crippen LogP contribution >= 0.6 is 0 Å². The molecule has 0 unspecified atom stereocenters. The maximum absolute atomic E-state index is 13.8. The van der Waals surface area contributed by atoms with Gasteiger partial charge in [-0.1, -0.05) is 42.5 Å². The van der Waals surface area contributed by atoms with Crippen molar-refractivity contribution in [2.24, 2.45) is 0 Å². The molecular formula is C27H26N2O3. The van der Waals surface area contributed by atoms with Gasteiger partial charge in [-0.05, 0) is 67.8 Å². The monoisotopic (exact) mass is 426 g/mol. The van der Waals surface area contributed by atoms with Gasteiger partial charge < -0.3 is 9.64 Å². The summed E-state index contributed by atoms with van der Waals surface area (Å²) in [5.41, 5.74) is 4.87. The van der Waals surface area contributed by atoms with Gasteiger partial charge in [0.05, 0.1) is 18.4 Å². The predicted octanol–water partition coefficient (Wildman–Crippen LogP) is 5.12. The Labute approximate surface area is 188 Å². The van der Waals surface area contributed by atoms with Gasteiger partial charge in [0, 0.05) is 12.2 Å². The van der Waals surface area contributed by atoms with E-state index >= 15 is 0 Å². The fourth-order valence-corrected chi connectivity index (χ4v) is 4.06. The Morgan fingerprint density at radius 3 is 2.16 bits per heavy atom. The van der Waals surface area contributed by atoms with Crippen molar-refractivity contribution >= 4 is 28.8 Å². The van der Waals surface area contributed by atoms with Gasteiger partial charge in [-0.15, -0.1) is 0 Å². The molecule has 0 N–H and O–H groups in total. The number of nitrogens with zero attached hydrogens (tertiary/aromatic N) is 2. The van der Waals surface area contributed by atoms with E-state index in [0.29, 0.717) is 34.8 Å². The highest BCUT2D eigenvalue weighted by atomic mass is 16.5. The Kier molecular flexibility index (Phi) is 5.82. The van der Waals surface area contributed by atoms with Crippen molar-refractivity contribution in [3.63, 3.8) is 0 Å². The standard InChI is InChI=1S/C27H26N2O3/c1-5-28(21-11-7-6-8-12-21)25-24(20-14-16-22(32-4)17-15-20)26(30)29(27(25)31)23-13-9-10-18(2)19(23)3/h6-17H,5H2,1-4H3. The molecule has 1 aliphatic heterocycles. The average Bonchev–Trinajstić information content (AvgIpc) is 3.07. The maximum atomic E-state index is 13.8. The lowest BCUT2D eigenvalue weighted by Gasteiger charge is -2.25. The van der Waals surface area contributed by atoms with Crippen molar-refractivity contribution < 1.29 is 14.3 Å². The molecule has 0 atom stereocenters. The molecule has 0 saturated heterocycles. The first kappa shape index (κ1) is 21.4. The van der Waals surface area contributed by atoms with E-state index in [9.17, 15) is 9.59 Å². The summed E-state index contributed by atoms with van der Waals surface area (Å²) in [6, 6.07) is 22.6. The number of rotatable bonds is 6. The number of anilines is 2. The molecule has 0 aromatic heterocycles. The van der Waals surface area contributed by atoms with E-state index < -0.39 is 0 Å². The summed E-state index contributed by atoms with van der Waals surface area (Å²) in [5, 5.41) is 0. The number of carbonyl (C=O) groups is 2. The van der Waals surface area contributed by atoms with Gasteiger partial charge in [-0.25, -0.2) is 4.90 Å². The van der Waals surface area contributed by atoms with Crippen LogP contribution in [0.25, 0.3) is 5.57 Å². The number of methoxy groups -OCH3 is 1. The summed E-state index contributed by atoms with van der Waals surface area (Å²) in [7, 11) is 1.60. The highest BCUT2D eigenvalue weighted by Crippen LogP contribution is 2.38. The third kappa shape index (κ3) is 3.56. The lowest BCUT2D eigenvalue weighted by Crippen LogP contribution is -2.35. The van der Waals surface area contributed by atoms with Crippen molar-refractivity contribution in [3.8, 4) is 5.75 Å². The molecule has 162 valence electrons. The van der Waals surface area contributed by atoms with Crippen molar-refractivity contribution in [1.82, 2.24) is 0 Å². The Balaban J connectivity index is 1.92. The number of hydrogen-bond donors (Lipinski definition) is 0. The minimum Gasteiger partial charge on any atom is -0.497 e. The Morgan fingerprint density at radius 1 is 0.844 bits per heavy atom. The van der Waals surface area contributed by atoms with Crippen LogP contribution in [0.1, 0.15) is 23.6 Å². The first-order valence-corrected chi connectivity index (χ1v) is 10.6. The van der Waals surface area contributed by atoms with Crippen molar-refractivity contribution in [1.29, 1.82) is 0 Å². The number of carbonyl (C=O) groups excluding carboxylic acids is 2. The maximum Gasteiger partial charge on any atom is 0.282 e. The Hall–Kier alpha value is -3.86. The van der Waals surface area contributed by atoms with Crippen molar-refractivity contribution in [2.75, 3.05) is 23.5 Å². The Bertz CT molecular complexity index is 1200. The second kappa shape index (κ2) is 8.71. The predicted molar refractivity (Wildman–Crippen MR) is 128 cm³/mol. The lowest BCUT2D eigenvalue weighted by atomic mass is 10.0. The summed E-state index contributed by atoms with van der Waals surface area (Å²) in [6.07, 6.45) is 0. The number of ether oxygens (including phenoxy) is 1. The van der Waals surface area contributed by atoms with Crippen molar-refractivity contribution in [3.05, 3.63) is 95.2 Å². The lowest BCUT2D eigenvalue weighted by molar-refractivity contribution is -0.120. The van der Waals surface area contributed by atoms with Gasteiger partial charge in [0.15, 0.2) is 0 Å². The number of benzene rings is 3. The first-order valence-electron chi connectivity index (χ1n) is 10.6. The fraction of sp³-hybridized carbons (Fsp3) is 0.185. The van der Waals surface area contributed by atoms with E-state index in [-0.39, 0.29) is 11.8 Å². The quantitative estimate of drug-likeness (QED) is 0.513. The van der Waals surface area contributed by atoms with Crippen LogP contribution in [0.15, 0.2) is 78.5 Å². The minimum absolute atomic E-state index is 0.319. The minimum atomic E-state index is -0.321. The molecule has 1 aliphatic rings. The van der Waals surface area contributed by atoms with Crippen LogP contribution in [-0.4, -0.2) is 25.5 Å². The van der Waals surface area contributed by atoms with E-state index in [1.165, 1.54) is 4.90 Å². The van der Waals surface area contributed by atoms with Crippen LogP contribution in [-0.2, 0) is 9.59 Å². The number of imide groups is 1. The van der Waals surface area contributed by atoms with Crippen LogP contribution in [0.5, 0.6) is 5.75 Å². The molecule has 0 bridgehead atoms. The van der Waals surface area contributed by atoms with Gasteiger partial charge in [0.1, 0.15) is 11.4 Å². The second-order valence-corrected chi connectivity index (χ2v) is 7.70. The highest BCUT2D eigenvalue weighted by molar-refractivity contribution is 6.46. The molecular weight excluding hydrogens is 400 g/mol. The van der Waals surface area contributed by atoms with Crippen LogP contribution in [0.4, 0.5) is 11.4 Å². The van der Waals surface area contributed by atoms with Crippen LogP contribution < -0.4 is 14.5 Å². The average molecular weight is 427 g/mol. The molecule has 3 aromatic carbocycles. The molecule has 2 amide bonds. The molecule has 0 fully saturated rings. The summed E-state index contributed by atoms with van der Waals surface area (Å²) in [6.45, 7) is 6.43. The first-order chi connectivity index (χ1) is 15.5. The van der Waals surface area contributed by atoms with Crippen molar-refractivity contribution in [2.45, 2.75) is 20.8 Å². The van der Waals surface area contributed by atoms with Crippen LogP contribution in [0.2, 0.25) is 0 Å². The summed E-state index contributed by atoms with van der Waals surface area (Å²) < 4.78 is 5.28. The molecule has 0 saturated carbocycles. The van der Waals surface area contributed by atoms with E-state index in [0.717, 1.165) is 16.8 Å². The molecule has 3 aromatic rings. The van der Waals surface area contributed by atoms with Gasteiger partial charge >= 0.3 is 0 Å². The zero-order valence-corrected chi connectivity index (χ0v) is 18.8. The summed E-state index contributed by atoms with van der Waals surface area (Å²) in [5.74, 6) is 0.0490. The molecule has 1 heterocycles. The fourth-order valence-electron chi connectivity index (χ4n) is 4.06. The third-order valence-corrected chi connectivity index (χ3v) is 5.91. The number of likely N-dealkylation sites (N-methyl/N-ethyl adjacent to an activating group) is 1. The normalized spacial score (nSPS) is 13.7. The molecule has 4 rings (SSSR count). The summed E-state index contributed by atoms with van der Waals surface area (Å²) in [4.78, 5) is 30.8. The zero-order valence-electron chi connectivity index (χ0n) is 18.8. The summed E-state index contributed by atoms with van der Waals surface area (Å²) >= 11 is 0. The number of hydrogen-bond acceptors (Lipinski definition) is 4. The zero-order chi connectivity index (χ0) is 22.8. The van der Waals surface area contributed by atoms with E-state index in [2.05, 4.69) is 0 Å². The largest absolute Gasteiger partial charge is 0.497 e. The number of aryl methyl sites for hydroxylation is 1. The van der Waals surface area contributed by atoms with Crippen LogP contribution in [0, 0.1) is 13.8 Å². The molecule has 5 heteroatoms. The molecule has 32 heavy (non-hydrogen) atoms. The topological polar surface area (TPSA) is 49.9 Å². The SMILES string of the molecule is CCN(C1=C(c2ccc(OC)cc2)C(=O)N(c2cccc(C)c2C)C1=O)c1ccccc1. The number of para-hydroxylation sites is 1. The molecule has 5 nitrogen and oxygen atoms in total. The van der Waals surface area contributed by atoms with Gasteiger partial charge in [0.2, 0.25) is 0 Å². The molecule has 0 spiro atoms. The molecule has 0 radical (unpaired) electrons. The van der Waals surface area contributed by atoms with E-state index in [4.69, 9.17) is 4.74 Å². The highest BCUT2D eigenvalue weighted by Gasteiger charge is 2.43. The van der Waals surface area contributed by atoms with Gasteiger partial charge in [-0.2, -0.15) is 0 Å². The molecule has 0 aliphatic carbocycles. The second-order valence-electron chi connectivity index (χ2n) is 7.70. The van der Waals surface area contributed by atoms with Gasteiger partial charge in [0.25, 0.3) is 11.8 Å².